The molecule has 0 bridgehead atoms. The Kier molecular flexibility index (Phi) is 5.39. The summed E-state index contributed by atoms with van der Waals surface area (Å²) in [6, 6.07) is 8.32. The zero-order chi connectivity index (χ0) is 17.2. The topological polar surface area (TPSA) is 75.3 Å². The molecule has 0 aliphatic heterocycles. The van der Waals surface area contributed by atoms with Crippen molar-refractivity contribution in [3.63, 3.8) is 0 Å². The quantitative estimate of drug-likeness (QED) is 0.578. The average molecular weight is 429 g/mol. The maximum Gasteiger partial charge on any atom is 0.276 e. The molecule has 1 aliphatic carbocycles. The van der Waals surface area contributed by atoms with Gasteiger partial charge in [-0.25, -0.2) is 8.42 Å². The Morgan fingerprint density at radius 1 is 1.12 bits per heavy atom. The molecule has 8 heteroatoms. The van der Waals surface area contributed by atoms with Gasteiger partial charge in [0.1, 0.15) is 0 Å². The Morgan fingerprint density at radius 2 is 1.88 bits per heavy atom. The van der Waals surface area contributed by atoms with Gasteiger partial charge in [-0.2, -0.15) is 0 Å². The van der Waals surface area contributed by atoms with Crippen LogP contribution >= 0.6 is 27.3 Å². The molecule has 3 rings (SSSR count). The van der Waals surface area contributed by atoms with E-state index < -0.39 is 15.9 Å². The third-order valence-electron chi connectivity index (χ3n) is 3.90. The molecule has 24 heavy (non-hydrogen) atoms. The number of halogens is 1. The molecule has 5 nitrogen and oxygen atoms in total. The number of aryl methyl sites for hydroxylation is 2. The highest BCUT2D eigenvalue weighted by Gasteiger charge is 2.20. The fourth-order valence-electron chi connectivity index (χ4n) is 2.67. The number of carbonyl (C=O) groups excluding carboxylic acids is 1. The minimum atomic E-state index is -3.83. The van der Waals surface area contributed by atoms with Crippen molar-refractivity contribution in [2.45, 2.75) is 37.0 Å². The van der Waals surface area contributed by atoms with E-state index in [0.717, 1.165) is 25.7 Å². The minimum Gasteiger partial charge on any atom is -0.273 e. The lowest BCUT2D eigenvalue weighted by Crippen LogP contribution is -2.41. The monoisotopic (exact) mass is 428 g/mol. The number of hydrogen-bond donors (Lipinski definition) is 2. The van der Waals surface area contributed by atoms with Crippen LogP contribution in [-0.2, 0) is 22.9 Å². The van der Waals surface area contributed by atoms with Gasteiger partial charge < -0.3 is 0 Å². The number of amides is 1. The van der Waals surface area contributed by atoms with E-state index in [1.165, 1.54) is 34.3 Å². The molecule has 0 unspecified atom stereocenters. The highest BCUT2D eigenvalue weighted by molar-refractivity contribution is 9.10. The smallest absolute Gasteiger partial charge is 0.273 e. The SMILES string of the molecule is O=C(NNS(=O)(=O)c1ccccc1Br)c1cc2c(s1)CCCCC2. The van der Waals surface area contributed by atoms with Crippen molar-refractivity contribution < 1.29 is 13.2 Å². The highest BCUT2D eigenvalue weighted by atomic mass is 79.9. The Hall–Kier alpha value is -1.22. The van der Waals surface area contributed by atoms with E-state index in [1.54, 1.807) is 18.2 Å². The predicted molar refractivity (Wildman–Crippen MR) is 97.5 cm³/mol. The van der Waals surface area contributed by atoms with Crippen molar-refractivity contribution in [1.82, 2.24) is 10.3 Å². The Balaban J connectivity index is 1.71. The second-order valence-corrected chi connectivity index (χ2v) is 9.25. The normalized spacial score (nSPS) is 14.7. The van der Waals surface area contributed by atoms with Gasteiger partial charge in [0, 0.05) is 9.35 Å². The Bertz CT molecular complexity index is 838. The van der Waals surface area contributed by atoms with Gasteiger partial charge in [-0.3, -0.25) is 10.2 Å². The molecule has 0 saturated carbocycles. The summed E-state index contributed by atoms with van der Waals surface area (Å²) in [4.78, 5) is 16.3. The summed E-state index contributed by atoms with van der Waals surface area (Å²) in [5.74, 6) is -0.427. The van der Waals surface area contributed by atoms with E-state index in [9.17, 15) is 13.2 Å². The van der Waals surface area contributed by atoms with E-state index >= 15 is 0 Å². The Labute approximate surface area is 153 Å². The molecule has 1 aromatic heterocycles. The Morgan fingerprint density at radius 3 is 2.67 bits per heavy atom. The highest BCUT2D eigenvalue weighted by Crippen LogP contribution is 2.29. The second-order valence-electron chi connectivity index (χ2n) is 5.61. The summed E-state index contributed by atoms with van der Waals surface area (Å²) in [5.41, 5.74) is 3.52. The predicted octanol–water partition coefficient (Wildman–Crippen LogP) is 3.40. The summed E-state index contributed by atoms with van der Waals surface area (Å²) in [6.45, 7) is 0. The number of hydrogen-bond acceptors (Lipinski definition) is 4. The number of carbonyl (C=O) groups is 1. The number of thiophene rings is 1. The van der Waals surface area contributed by atoms with Crippen molar-refractivity contribution in [1.29, 1.82) is 0 Å². The van der Waals surface area contributed by atoms with E-state index in [4.69, 9.17) is 0 Å². The van der Waals surface area contributed by atoms with Crippen LogP contribution in [0.15, 0.2) is 39.7 Å². The van der Waals surface area contributed by atoms with Gasteiger partial charge in [0.2, 0.25) is 0 Å². The molecule has 2 aromatic rings. The second kappa shape index (κ2) is 7.35. The summed E-state index contributed by atoms with van der Waals surface area (Å²) in [7, 11) is -3.83. The zero-order valence-electron chi connectivity index (χ0n) is 12.8. The number of nitrogens with one attached hydrogen (secondary N) is 2. The molecular formula is C16H17BrN2O3S2. The first kappa shape index (κ1) is 17.6. The summed E-state index contributed by atoms with van der Waals surface area (Å²) in [5, 5.41) is 0. The van der Waals surface area contributed by atoms with Gasteiger partial charge in [0.25, 0.3) is 15.9 Å². The average Bonchev–Trinajstić information content (AvgIpc) is 2.84. The molecule has 0 atom stereocenters. The first-order chi connectivity index (χ1) is 11.5. The molecule has 1 amide bonds. The van der Waals surface area contributed by atoms with Crippen molar-refractivity contribution in [3.05, 3.63) is 50.1 Å². The molecule has 0 fully saturated rings. The van der Waals surface area contributed by atoms with Crippen molar-refractivity contribution in [2.75, 3.05) is 0 Å². The fraction of sp³-hybridized carbons (Fsp3) is 0.312. The van der Waals surface area contributed by atoms with Crippen LogP contribution in [0.2, 0.25) is 0 Å². The lowest BCUT2D eigenvalue weighted by atomic mass is 10.1. The third kappa shape index (κ3) is 3.88. The number of fused-ring (bicyclic) bond motifs is 1. The van der Waals surface area contributed by atoms with Crippen LogP contribution in [0.5, 0.6) is 0 Å². The van der Waals surface area contributed by atoms with E-state index in [1.807, 2.05) is 6.07 Å². The summed E-state index contributed by atoms with van der Waals surface area (Å²) < 4.78 is 25.0. The largest absolute Gasteiger partial charge is 0.276 e. The number of rotatable bonds is 4. The third-order valence-corrected chi connectivity index (χ3v) is 7.39. The van der Waals surface area contributed by atoms with Gasteiger partial charge in [-0.1, -0.05) is 18.6 Å². The first-order valence-corrected chi connectivity index (χ1v) is 10.7. The maximum atomic E-state index is 12.3. The number of benzene rings is 1. The summed E-state index contributed by atoms with van der Waals surface area (Å²) in [6.07, 6.45) is 5.48. The fourth-order valence-corrected chi connectivity index (χ4v) is 5.66. The number of hydrazine groups is 1. The van der Waals surface area contributed by atoms with Crippen molar-refractivity contribution in [2.24, 2.45) is 0 Å². The lowest BCUT2D eigenvalue weighted by molar-refractivity contribution is 0.0949. The summed E-state index contributed by atoms with van der Waals surface area (Å²) >= 11 is 4.65. The first-order valence-electron chi connectivity index (χ1n) is 7.65. The minimum absolute atomic E-state index is 0.0762. The maximum absolute atomic E-state index is 12.3. The van der Waals surface area contributed by atoms with Crippen LogP contribution < -0.4 is 10.3 Å². The van der Waals surface area contributed by atoms with Gasteiger partial charge >= 0.3 is 0 Å². The van der Waals surface area contributed by atoms with Gasteiger partial charge in [0.05, 0.1) is 9.77 Å². The molecule has 0 saturated heterocycles. The van der Waals surface area contributed by atoms with Crippen LogP contribution in [0.25, 0.3) is 0 Å². The zero-order valence-corrected chi connectivity index (χ0v) is 16.1. The molecule has 1 heterocycles. The van der Waals surface area contributed by atoms with Crippen LogP contribution in [0.4, 0.5) is 0 Å². The van der Waals surface area contributed by atoms with Crippen LogP contribution in [0.3, 0.4) is 0 Å². The van der Waals surface area contributed by atoms with Crippen LogP contribution in [0, 0.1) is 0 Å². The van der Waals surface area contributed by atoms with Crippen LogP contribution in [-0.4, -0.2) is 14.3 Å². The molecule has 1 aromatic carbocycles. The van der Waals surface area contributed by atoms with E-state index in [0.29, 0.717) is 9.35 Å². The standard InChI is InChI=1S/C16H17BrN2O3S2/c17-12-7-4-5-9-15(12)24(21,22)19-18-16(20)14-10-11-6-2-1-3-8-13(11)23-14/h4-5,7,9-10,19H,1-3,6,8H2,(H,18,20). The van der Waals surface area contributed by atoms with Gasteiger partial charge in [-0.05, 0) is 65.4 Å². The molecule has 2 N–H and O–H groups in total. The van der Waals surface area contributed by atoms with Crippen LogP contribution in [0.1, 0.15) is 39.4 Å². The molecule has 128 valence electrons. The van der Waals surface area contributed by atoms with E-state index in [-0.39, 0.29) is 4.90 Å². The van der Waals surface area contributed by atoms with Gasteiger partial charge in [0.15, 0.2) is 0 Å². The molecule has 1 aliphatic rings. The lowest BCUT2D eigenvalue weighted by Gasteiger charge is -2.08. The molecule has 0 radical (unpaired) electrons. The van der Waals surface area contributed by atoms with Gasteiger partial charge in [-0.15, -0.1) is 16.2 Å². The van der Waals surface area contributed by atoms with E-state index in [2.05, 4.69) is 26.2 Å². The number of sulfonamides is 1. The molecular weight excluding hydrogens is 412 g/mol. The molecule has 0 spiro atoms. The van der Waals surface area contributed by atoms with Crippen molar-refractivity contribution in [3.8, 4) is 0 Å². The van der Waals surface area contributed by atoms with Crippen molar-refractivity contribution >= 4 is 43.2 Å².